The van der Waals surface area contributed by atoms with E-state index >= 15 is 0 Å². The van der Waals surface area contributed by atoms with E-state index in [4.69, 9.17) is 0 Å². The molecule has 0 aliphatic carbocycles. The second kappa shape index (κ2) is 3.25. The molecule has 0 aromatic carbocycles. The van der Waals surface area contributed by atoms with Gasteiger partial charge in [0, 0.05) is 29.6 Å². The van der Waals surface area contributed by atoms with Gasteiger partial charge in [-0.2, -0.15) is 0 Å². The van der Waals surface area contributed by atoms with E-state index in [1.807, 2.05) is 0 Å². The van der Waals surface area contributed by atoms with Crippen molar-refractivity contribution in [3.63, 3.8) is 0 Å². The van der Waals surface area contributed by atoms with Gasteiger partial charge in [-0.15, -0.1) is 0 Å². The van der Waals surface area contributed by atoms with Crippen molar-refractivity contribution in [3.8, 4) is 0 Å². The topological polar surface area (TPSA) is 66.2 Å². The Kier molecular flexibility index (Phi) is 2.53. The van der Waals surface area contributed by atoms with Crippen molar-refractivity contribution in [1.82, 2.24) is 5.32 Å². The standard InChI is InChI=1S/C5H4N4O.Na/c10-5-3-4(7-1-6-3)8-2-9-5;/h1-3H,(H,6,7,8,9,10);. The predicted molar refractivity (Wildman–Crippen MR) is 42.1 cm³/mol. The van der Waals surface area contributed by atoms with Gasteiger partial charge in [0.25, 0.3) is 5.91 Å². The summed E-state index contributed by atoms with van der Waals surface area (Å²) in [5.41, 5.74) is 0. The number of aliphatic imine (C=N–C) groups is 3. The number of amidine groups is 1. The number of amides is 1. The largest absolute Gasteiger partial charge is 0.314 e. The Morgan fingerprint density at radius 2 is 2.36 bits per heavy atom. The first-order valence-corrected chi connectivity index (χ1v) is 2.80. The van der Waals surface area contributed by atoms with Crippen molar-refractivity contribution in [2.75, 3.05) is 0 Å². The van der Waals surface area contributed by atoms with E-state index in [0.717, 1.165) is 0 Å². The molecule has 1 amide bonds. The molecule has 0 bridgehead atoms. The monoisotopic (exact) mass is 159 g/mol. The Labute approximate surface area is 85.0 Å². The van der Waals surface area contributed by atoms with Crippen LogP contribution in [0.4, 0.5) is 0 Å². The van der Waals surface area contributed by atoms with Crippen molar-refractivity contribution < 1.29 is 4.79 Å². The van der Waals surface area contributed by atoms with Gasteiger partial charge in [-0.05, 0) is 0 Å². The number of fused-ring (bicyclic) bond motifs is 1. The van der Waals surface area contributed by atoms with E-state index in [9.17, 15) is 4.79 Å². The fourth-order valence-electron chi connectivity index (χ4n) is 0.826. The minimum absolute atomic E-state index is 0. The van der Waals surface area contributed by atoms with Gasteiger partial charge in [-0.25, -0.2) is 9.98 Å². The van der Waals surface area contributed by atoms with E-state index in [1.54, 1.807) is 0 Å². The van der Waals surface area contributed by atoms with Crippen LogP contribution in [0.5, 0.6) is 0 Å². The molecule has 1 radical (unpaired) electrons. The molecule has 2 heterocycles. The molecule has 1 atom stereocenters. The molecule has 0 aromatic rings. The molecule has 0 saturated heterocycles. The second-order valence-electron chi connectivity index (χ2n) is 1.92. The number of hydrogen-bond donors (Lipinski definition) is 1. The summed E-state index contributed by atoms with van der Waals surface area (Å²) in [6.07, 6.45) is 2.68. The van der Waals surface area contributed by atoms with E-state index in [0.29, 0.717) is 5.84 Å². The first kappa shape index (κ1) is 8.58. The molecule has 0 spiro atoms. The molecule has 2 rings (SSSR count). The molecule has 11 heavy (non-hydrogen) atoms. The molecule has 1 N–H and O–H groups in total. The van der Waals surface area contributed by atoms with Crippen molar-refractivity contribution >= 4 is 54.0 Å². The fourth-order valence-corrected chi connectivity index (χ4v) is 0.826. The Morgan fingerprint density at radius 3 is 3.09 bits per heavy atom. The zero-order valence-electron chi connectivity index (χ0n) is 5.98. The molecular formula is C5H4N4NaO. The summed E-state index contributed by atoms with van der Waals surface area (Å²) in [4.78, 5) is 22.2. The van der Waals surface area contributed by atoms with Crippen LogP contribution in [0.2, 0.25) is 0 Å². The van der Waals surface area contributed by atoms with Crippen LogP contribution in [0.25, 0.3) is 0 Å². The Hall–Kier alpha value is -0.520. The number of nitrogens with zero attached hydrogens (tertiary/aromatic N) is 3. The third kappa shape index (κ3) is 1.40. The van der Waals surface area contributed by atoms with Crippen molar-refractivity contribution in [2.45, 2.75) is 6.04 Å². The molecule has 1 unspecified atom stereocenters. The van der Waals surface area contributed by atoms with Crippen LogP contribution in [0.3, 0.4) is 0 Å². The van der Waals surface area contributed by atoms with Crippen LogP contribution in [-0.4, -0.2) is 60.0 Å². The molecule has 51 valence electrons. The zero-order valence-corrected chi connectivity index (χ0v) is 7.98. The maximum Gasteiger partial charge on any atom is 0.257 e. The van der Waals surface area contributed by atoms with Gasteiger partial charge in [-0.1, -0.05) is 0 Å². The first-order chi connectivity index (χ1) is 4.88. The first-order valence-electron chi connectivity index (χ1n) is 2.80. The van der Waals surface area contributed by atoms with Crippen molar-refractivity contribution in [2.24, 2.45) is 15.0 Å². The minimum Gasteiger partial charge on any atom is -0.314 e. The molecule has 6 heteroatoms. The summed E-state index contributed by atoms with van der Waals surface area (Å²) in [6.45, 7) is 0. The number of carbonyl (C=O) groups is 1. The van der Waals surface area contributed by atoms with E-state index in [2.05, 4.69) is 20.3 Å². The smallest absolute Gasteiger partial charge is 0.257 e. The molecule has 2 aliphatic rings. The zero-order chi connectivity index (χ0) is 6.97. The normalized spacial score (nSPS) is 25.3. The molecular weight excluding hydrogens is 155 g/mol. The number of hydrogen-bond acceptors (Lipinski definition) is 4. The summed E-state index contributed by atoms with van der Waals surface area (Å²) in [7, 11) is 0. The van der Waals surface area contributed by atoms with Crippen LogP contribution in [0.1, 0.15) is 0 Å². The van der Waals surface area contributed by atoms with Crippen LogP contribution in [0.15, 0.2) is 15.0 Å². The maximum atomic E-state index is 10.9. The number of nitrogens with one attached hydrogen (secondary N) is 1. The summed E-state index contributed by atoms with van der Waals surface area (Å²) >= 11 is 0. The summed E-state index contributed by atoms with van der Waals surface area (Å²) in [5.74, 6) is 0.311. The van der Waals surface area contributed by atoms with E-state index in [1.165, 1.54) is 12.7 Å². The van der Waals surface area contributed by atoms with Crippen LogP contribution in [0, 0.1) is 0 Å². The minimum atomic E-state index is -0.495. The van der Waals surface area contributed by atoms with Gasteiger partial charge in [0.15, 0.2) is 11.9 Å². The third-order valence-corrected chi connectivity index (χ3v) is 1.30. The van der Waals surface area contributed by atoms with Crippen molar-refractivity contribution in [3.05, 3.63) is 0 Å². The van der Waals surface area contributed by atoms with E-state index in [-0.39, 0.29) is 35.5 Å². The Morgan fingerprint density at radius 1 is 1.55 bits per heavy atom. The molecule has 5 nitrogen and oxygen atoms in total. The molecule has 0 aromatic heterocycles. The Bertz CT molecular complexity index is 270. The van der Waals surface area contributed by atoms with Crippen LogP contribution in [-0.2, 0) is 4.79 Å². The quantitative estimate of drug-likeness (QED) is 0.433. The maximum absolute atomic E-state index is 10.9. The average Bonchev–Trinajstić information content (AvgIpc) is 2.36. The van der Waals surface area contributed by atoms with Gasteiger partial charge in [0.05, 0.1) is 6.34 Å². The SMILES string of the molecule is O=C1NC=NC2=NC=NC12.[Na]. The summed E-state index contributed by atoms with van der Waals surface area (Å²) in [6, 6.07) is -0.495. The predicted octanol–water partition coefficient (Wildman–Crippen LogP) is -1.43. The number of carbonyl (C=O) groups excluding carboxylic acids is 1. The van der Waals surface area contributed by atoms with Crippen molar-refractivity contribution in [1.29, 1.82) is 0 Å². The van der Waals surface area contributed by atoms with Gasteiger partial charge in [-0.3, -0.25) is 9.79 Å². The van der Waals surface area contributed by atoms with E-state index < -0.39 is 6.04 Å². The Balaban J connectivity index is 0.000000605. The van der Waals surface area contributed by atoms with Gasteiger partial charge < -0.3 is 5.32 Å². The van der Waals surface area contributed by atoms with Gasteiger partial charge in [0.1, 0.15) is 6.34 Å². The average molecular weight is 159 g/mol. The number of rotatable bonds is 0. The van der Waals surface area contributed by atoms with Gasteiger partial charge >= 0.3 is 0 Å². The third-order valence-electron chi connectivity index (χ3n) is 1.30. The second-order valence-corrected chi connectivity index (χ2v) is 1.92. The summed E-state index contributed by atoms with van der Waals surface area (Å²) < 4.78 is 0. The van der Waals surface area contributed by atoms with Crippen LogP contribution < -0.4 is 5.32 Å². The summed E-state index contributed by atoms with van der Waals surface area (Å²) in [5, 5.41) is 2.43. The van der Waals surface area contributed by atoms with Crippen LogP contribution >= 0.6 is 0 Å². The van der Waals surface area contributed by atoms with Gasteiger partial charge in [0.2, 0.25) is 0 Å². The molecule has 0 saturated carbocycles. The molecule has 2 aliphatic heterocycles. The fraction of sp³-hybridized carbons (Fsp3) is 0.200. The molecule has 0 fully saturated rings.